The highest BCUT2D eigenvalue weighted by molar-refractivity contribution is 5.92. The maximum absolute atomic E-state index is 13.6. The smallest absolute Gasteiger partial charge is 0.204 e. The number of ether oxygens (including phenoxy) is 2. The summed E-state index contributed by atoms with van der Waals surface area (Å²) in [7, 11) is 0. The molecule has 2 fully saturated rings. The number of fused-ring (bicyclic) bond motifs is 1. The Morgan fingerprint density at radius 2 is 1.32 bits per heavy atom. The number of hydrogen-bond acceptors (Lipinski definition) is 9. The highest BCUT2D eigenvalue weighted by atomic mass is 16.5. The second-order valence-corrected chi connectivity index (χ2v) is 8.66. The Hall–Kier alpha value is -3.11. The number of benzene rings is 2. The fourth-order valence-electron chi connectivity index (χ4n) is 4.56. The average molecular weight is 469 g/mol. The normalized spacial score (nSPS) is 17.9. The van der Waals surface area contributed by atoms with Gasteiger partial charge in [-0.15, -0.1) is 0 Å². The third-order valence-electron chi connectivity index (χ3n) is 6.51. The van der Waals surface area contributed by atoms with Crippen molar-refractivity contribution in [3.8, 4) is 28.4 Å². The molecule has 2 aliphatic rings. The fourth-order valence-corrected chi connectivity index (χ4v) is 4.56. The lowest BCUT2D eigenvalue weighted by Gasteiger charge is -2.29. The van der Waals surface area contributed by atoms with Gasteiger partial charge >= 0.3 is 0 Å². The number of morpholine rings is 2. The van der Waals surface area contributed by atoms with Crippen LogP contribution in [0.2, 0.25) is 0 Å². The maximum Gasteiger partial charge on any atom is 0.204 e. The van der Waals surface area contributed by atoms with E-state index in [0.717, 1.165) is 0 Å². The molecule has 0 radical (unpaired) electrons. The third kappa shape index (κ3) is 4.35. The predicted molar refractivity (Wildman–Crippen MR) is 125 cm³/mol. The van der Waals surface area contributed by atoms with Crippen molar-refractivity contribution in [2.75, 3.05) is 52.6 Å². The topological polar surface area (TPSA) is 116 Å². The number of rotatable bonds is 5. The molecule has 0 atom stereocenters. The molecule has 2 aliphatic heterocycles. The van der Waals surface area contributed by atoms with Gasteiger partial charge in [-0.25, -0.2) is 0 Å². The number of phenols is 3. The largest absolute Gasteiger partial charge is 0.508 e. The van der Waals surface area contributed by atoms with Crippen LogP contribution in [0.25, 0.3) is 22.1 Å². The van der Waals surface area contributed by atoms with Crippen molar-refractivity contribution < 1.29 is 29.2 Å². The van der Waals surface area contributed by atoms with Crippen molar-refractivity contribution in [3.63, 3.8) is 0 Å². The first-order valence-corrected chi connectivity index (χ1v) is 11.4. The molecular formula is C25H28N2O7. The van der Waals surface area contributed by atoms with Crippen LogP contribution in [-0.2, 0) is 22.6 Å². The molecule has 2 saturated heterocycles. The summed E-state index contributed by atoms with van der Waals surface area (Å²) < 4.78 is 16.8. The van der Waals surface area contributed by atoms with Crippen molar-refractivity contribution >= 4 is 11.0 Å². The van der Waals surface area contributed by atoms with Crippen molar-refractivity contribution in [2.24, 2.45) is 0 Å². The first kappa shape index (κ1) is 22.7. The minimum atomic E-state index is -0.393. The minimum Gasteiger partial charge on any atom is -0.508 e. The van der Waals surface area contributed by atoms with Gasteiger partial charge < -0.3 is 29.2 Å². The van der Waals surface area contributed by atoms with Crippen LogP contribution in [0.3, 0.4) is 0 Å². The van der Waals surface area contributed by atoms with Gasteiger partial charge in [0.05, 0.1) is 43.1 Å². The minimum absolute atomic E-state index is 0.0508. The maximum atomic E-state index is 13.6. The molecule has 180 valence electrons. The second kappa shape index (κ2) is 9.63. The van der Waals surface area contributed by atoms with Gasteiger partial charge in [0.15, 0.2) is 0 Å². The van der Waals surface area contributed by atoms with E-state index in [4.69, 9.17) is 13.9 Å². The Balaban J connectivity index is 1.66. The molecule has 3 aromatic rings. The summed E-state index contributed by atoms with van der Waals surface area (Å²) in [5.41, 5.74) is 1.41. The van der Waals surface area contributed by atoms with E-state index in [2.05, 4.69) is 9.80 Å². The molecule has 0 amide bonds. The fraction of sp³-hybridized carbons (Fsp3) is 0.400. The standard InChI is InChI=1S/C25H28N2O7/c28-17-3-1-16(2-4-17)20-15-34-25-19(14-27-7-11-33-12-8-27)22(29)18(23(30)21(25)24(20)31)13-26-5-9-32-10-6-26/h1-4,15,28-30H,5-14H2. The molecule has 0 bridgehead atoms. The van der Waals surface area contributed by atoms with Gasteiger partial charge in [-0.3, -0.25) is 14.6 Å². The van der Waals surface area contributed by atoms with Crippen LogP contribution >= 0.6 is 0 Å². The van der Waals surface area contributed by atoms with E-state index in [1.807, 2.05) is 0 Å². The predicted octanol–water partition coefficient (Wildman–Crippen LogP) is 2.24. The molecule has 0 unspecified atom stereocenters. The van der Waals surface area contributed by atoms with E-state index in [1.54, 1.807) is 12.1 Å². The third-order valence-corrected chi connectivity index (χ3v) is 6.51. The highest BCUT2D eigenvalue weighted by Gasteiger charge is 2.27. The number of aromatic hydroxyl groups is 3. The molecule has 0 spiro atoms. The number of phenolic OH excluding ortho intramolecular Hbond substituents is 3. The van der Waals surface area contributed by atoms with Crippen molar-refractivity contribution in [1.82, 2.24) is 9.80 Å². The summed E-state index contributed by atoms with van der Waals surface area (Å²) in [6, 6.07) is 6.22. The van der Waals surface area contributed by atoms with Crippen molar-refractivity contribution in [2.45, 2.75) is 13.1 Å². The van der Waals surface area contributed by atoms with E-state index >= 15 is 0 Å². The SMILES string of the molecule is O=c1c(-c2ccc(O)cc2)coc2c(CN3CCOCC3)c(O)c(CN3CCOCC3)c(O)c12. The molecule has 3 heterocycles. The van der Waals surface area contributed by atoms with Crippen LogP contribution in [0.5, 0.6) is 17.2 Å². The van der Waals surface area contributed by atoms with Crippen LogP contribution < -0.4 is 5.43 Å². The lowest BCUT2D eigenvalue weighted by atomic mass is 9.98. The number of nitrogens with zero attached hydrogens (tertiary/aromatic N) is 2. The van der Waals surface area contributed by atoms with Gasteiger partial charge in [0.2, 0.25) is 5.43 Å². The monoisotopic (exact) mass is 468 g/mol. The van der Waals surface area contributed by atoms with Gasteiger partial charge in [0, 0.05) is 39.3 Å². The van der Waals surface area contributed by atoms with Gasteiger partial charge in [-0.2, -0.15) is 0 Å². The van der Waals surface area contributed by atoms with Gasteiger partial charge in [-0.05, 0) is 17.7 Å². The Kier molecular flexibility index (Phi) is 6.42. The molecule has 9 heteroatoms. The van der Waals surface area contributed by atoms with Crippen LogP contribution in [0, 0.1) is 0 Å². The molecule has 1 aromatic heterocycles. The van der Waals surface area contributed by atoms with Gasteiger partial charge in [0.25, 0.3) is 0 Å². The molecular weight excluding hydrogens is 440 g/mol. The summed E-state index contributed by atoms with van der Waals surface area (Å²) in [4.78, 5) is 17.8. The van der Waals surface area contributed by atoms with Gasteiger partial charge in [-0.1, -0.05) is 12.1 Å². The van der Waals surface area contributed by atoms with Crippen molar-refractivity contribution in [1.29, 1.82) is 0 Å². The average Bonchev–Trinajstić information content (AvgIpc) is 2.86. The highest BCUT2D eigenvalue weighted by Crippen LogP contribution is 2.41. The molecule has 2 aromatic carbocycles. The van der Waals surface area contributed by atoms with Crippen LogP contribution in [0.4, 0.5) is 0 Å². The molecule has 0 saturated carbocycles. The lowest BCUT2D eigenvalue weighted by molar-refractivity contribution is 0.0326. The van der Waals surface area contributed by atoms with Crippen LogP contribution in [0.15, 0.2) is 39.7 Å². The summed E-state index contributed by atoms with van der Waals surface area (Å²) in [6.07, 6.45) is 1.35. The summed E-state index contributed by atoms with van der Waals surface area (Å²) >= 11 is 0. The van der Waals surface area contributed by atoms with E-state index in [0.29, 0.717) is 75.8 Å². The zero-order valence-corrected chi connectivity index (χ0v) is 18.8. The van der Waals surface area contributed by atoms with Gasteiger partial charge in [0.1, 0.15) is 34.5 Å². The van der Waals surface area contributed by atoms with Crippen LogP contribution in [-0.4, -0.2) is 77.7 Å². The Labute approximate surface area is 196 Å². The van der Waals surface area contributed by atoms with Crippen molar-refractivity contribution in [3.05, 3.63) is 51.9 Å². The summed E-state index contributed by atoms with van der Waals surface area (Å²) in [6.45, 7) is 5.69. The summed E-state index contributed by atoms with van der Waals surface area (Å²) in [5.74, 6) is -0.232. The lowest BCUT2D eigenvalue weighted by Crippen LogP contribution is -2.36. The zero-order chi connectivity index (χ0) is 23.7. The molecule has 3 N–H and O–H groups in total. The Bertz CT molecular complexity index is 1230. The first-order valence-electron chi connectivity index (χ1n) is 11.4. The van der Waals surface area contributed by atoms with Crippen LogP contribution in [0.1, 0.15) is 11.1 Å². The Morgan fingerprint density at radius 1 is 0.765 bits per heavy atom. The molecule has 34 heavy (non-hydrogen) atoms. The molecule has 0 aliphatic carbocycles. The van der Waals surface area contributed by atoms with E-state index < -0.39 is 5.43 Å². The zero-order valence-electron chi connectivity index (χ0n) is 18.8. The molecule has 5 rings (SSSR count). The summed E-state index contributed by atoms with van der Waals surface area (Å²) in [5, 5.41) is 32.2. The van der Waals surface area contributed by atoms with E-state index in [9.17, 15) is 20.1 Å². The van der Waals surface area contributed by atoms with E-state index in [1.165, 1.54) is 18.4 Å². The second-order valence-electron chi connectivity index (χ2n) is 8.66. The number of hydrogen-bond donors (Lipinski definition) is 3. The van der Waals surface area contributed by atoms with E-state index in [-0.39, 0.29) is 40.3 Å². The quantitative estimate of drug-likeness (QED) is 0.518. The Morgan fingerprint density at radius 3 is 1.91 bits per heavy atom. The molecule has 9 nitrogen and oxygen atoms in total. The first-order chi connectivity index (χ1) is 16.5.